The highest BCUT2D eigenvalue weighted by atomic mass is 32.1. The largest absolute Gasteiger partial charge is 0.477 e. The molecule has 22 heavy (non-hydrogen) atoms. The maximum Gasteiger partial charge on any atom is 0.348 e. The van der Waals surface area contributed by atoms with Gasteiger partial charge in [-0.05, 0) is 19.1 Å². The Morgan fingerprint density at radius 2 is 1.64 bits per heavy atom. The summed E-state index contributed by atoms with van der Waals surface area (Å²) in [6.45, 7) is 2.01. The molecule has 0 spiro atoms. The predicted molar refractivity (Wildman–Crippen MR) is 89.1 cm³/mol. The molecule has 3 N–H and O–H groups in total. The second-order valence-corrected chi connectivity index (χ2v) is 5.99. The van der Waals surface area contributed by atoms with Crippen molar-refractivity contribution in [2.45, 2.75) is 6.92 Å². The summed E-state index contributed by atoms with van der Waals surface area (Å²) in [5.74, 6) is -0.970. The van der Waals surface area contributed by atoms with Crippen LogP contribution in [0.4, 0.5) is 5.69 Å². The van der Waals surface area contributed by atoms with Crippen molar-refractivity contribution in [1.82, 2.24) is 4.98 Å². The van der Waals surface area contributed by atoms with E-state index < -0.39 is 5.97 Å². The highest BCUT2D eigenvalue weighted by molar-refractivity contribution is 7.17. The van der Waals surface area contributed by atoms with Crippen molar-refractivity contribution in [3.63, 3.8) is 0 Å². The lowest BCUT2D eigenvalue weighted by molar-refractivity contribution is 0.0702. The van der Waals surface area contributed by atoms with E-state index in [4.69, 9.17) is 5.73 Å². The summed E-state index contributed by atoms with van der Waals surface area (Å²) in [6, 6.07) is 14.9. The first-order valence-electron chi connectivity index (χ1n) is 6.71. The van der Waals surface area contributed by atoms with Gasteiger partial charge in [0.25, 0.3) is 0 Å². The van der Waals surface area contributed by atoms with Gasteiger partial charge in [0.2, 0.25) is 0 Å². The summed E-state index contributed by atoms with van der Waals surface area (Å²) in [6.07, 6.45) is 0. The lowest BCUT2D eigenvalue weighted by Gasteiger charge is -2.00. The lowest BCUT2D eigenvalue weighted by Crippen LogP contribution is -1.95. The fraction of sp³-hybridized carbons (Fsp3) is 0.0588. The summed E-state index contributed by atoms with van der Waals surface area (Å²) in [5, 5.41) is 10.1. The highest BCUT2D eigenvalue weighted by Crippen LogP contribution is 2.34. The summed E-state index contributed by atoms with van der Waals surface area (Å²) in [4.78, 5) is 16.3. The molecular formula is C17H14N2O2S. The first kappa shape index (κ1) is 14.3. The molecule has 0 saturated heterocycles. The highest BCUT2D eigenvalue weighted by Gasteiger charge is 2.19. The molecule has 2 aromatic carbocycles. The number of carbonyl (C=O) groups is 1. The van der Waals surface area contributed by atoms with Crippen LogP contribution in [0.3, 0.4) is 0 Å². The molecule has 0 aliphatic carbocycles. The molecule has 0 unspecified atom stereocenters. The molecule has 0 amide bonds. The van der Waals surface area contributed by atoms with Crippen molar-refractivity contribution < 1.29 is 9.90 Å². The van der Waals surface area contributed by atoms with Crippen molar-refractivity contribution in [1.29, 1.82) is 0 Å². The number of rotatable bonds is 3. The van der Waals surface area contributed by atoms with Crippen LogP contribution in [0.5, 0.6) is 0 Å². The molecule has 4 nitrogen and oxygen atoms in total. The van der Waals surface area contributed by atoms with E-state index in [0.29, 0.717) is 16.4 Å². The Kier molecular flexibility index (Phi) is 3.65. The van der Waals surface area contributed by atoms with Crippen LogP contribution >= 0.6 is 11.3 Å². The monoisotopic (exact) mass is 310 g/mol. The first-order valence-corrected chi connectivity index (χ1v) is 7.53. The van der Waals surface area contributed by atoms with Gasteiger partial charge in [-0.15, -0.1) is 11.3 Å². The summed E-state index contributed by atoms with van der Waals surface area (Å²) < 4.78 is 0. The van der Waals surface area contributed by atoms with Gasteiger partial charge in [0.05, 0.1) is 5.69 Å². The zero-order valence-electron chi connectivity index (χ0n) is 11.9. The smallest absolute Gasteiger partial charge is 0.348 e. The van der Waals surface area contributed by atoms with Crippen LogP contribution in [-0.4, -0.2) is 16.1 Å². The number of nitrogens with zero attached hydrogens (tertiary/aromatic N) is 1. The van der Waals surface area contributed by atoms with Gasteiger partial charge in [-0.2, -0.15) is 0 Å². The van der Waals surface area contributed by atoms with E-state index in [1.54, 1.807) is 24.3 Å². The molecular weight excluding hydrogens is 296 g/mol. The van der Waals surface area contributed by atoms with Gasteiger partial charge < -0.3 is 10.8 Å². The van der Waals surface area contributed by atoms with E-state index in [-0.39, 0.29) is 4.88 Å². The van der Waals surface area contributed by atoms with Gasteiger partial charge in [-0.25, -0.2) is 9.78 Å². The fourth-order valence-corrected chi connectivity index (χ4v) is 3.05. The second-order valence-electron chi connectivity index (χ2n) is 4.99. The van der Waals surface area contributed by atoms with Gasteiger partial charge in [0.1, 0.15) is 9.88 Å². The Balaban J connectivity index is 2.11. The number of nitrogen functional groups attached to an aromatic ring is 1. The summed E-state index contributed by atoms with van der Waals surface area (Å²) in [5.41, 5.74) is 9.61. The Morgan fingerprint density at radius 1 is 1.05 bits per heavy atom. The Bertz CT molecular complexity index is 821. The number of nitrogens with two attached hydrogens (primary N) is 1. The quantitative estimate of drug-likeness (QED) is 0.715. The van der Waals surface area contributed by atoms with Gasteiger partial charge in [-0.3, -0.25) is 0 Å². The number of carboxylic acid groups (broad SMARTS) is 1. The van der Waals surface area contributed by atoms with E-state index in [9.17, 15) is 9.90 Å². The molecule has 0 saturated carbocycles. The lowest BCUT2D eigenvalue weighted by atomic mass is 10.1. The first-order chi connectivity index (χ1) is 10.5. The third-order valence-electron chi connectivity index (χ3n) is 3.30. The molecule has 0 radical (unpaired) electrons. The van der Waals surface area contributed by atoms with Crippen LogP contribution in [0.15, 0.2) is 48.5 Å². The third-order valence-corrected chi connectivity index (χ3v) is 4.40. The average molecular weight is 310 g/mol. The number of carboxylic acids is 1. The zero-order valence-corrected chi connectivity index (χ0v) is 12.7. The second kappa shape index (κ2) is 5.61. The Hall–Kier alpha value is -2.66. The van der Waals surface area contributed by atoms with Crippen LogP contribution in [0.1, 0.15) is 15.2 Å². The zero-order chi connectivity index (χ0) is 15.7. The number of aromatic carboxylic acids is 1. The molecule has 0 fully saturated rings. The third kappa shape index (κ3) is 2.71. The fourth-order valence-electron chi connectivity index (χ4n) is 2.12. The summed E-state index contributed by atoms with van der Waals surface area (Å²) >= 11 is 1.18. The molecule has 1 heterocycles. The van der Waals surface area contributed by atoms with E-state index in [0.717, 1.165) is 16.7 Å². The normalized spacial score (nSPS) is 10.6. The molecule has 110 valence electrons. The van der Waals surface area contributed by atoms with Gasteiger partial charge >= 0.3 is 5.97 Å². The number of benzene rings is 2. The molecule has 0 atom stereocenters. The van der Waals surface area contributed by atoms with Gasteiger partial charge in [0, 0.05) is 16.8 Å². The standard InChI is InChI=1S/C17H14N2O2S/c1-10-2-4-12(5-3-10)16-19-14(15(22-16)17(20)21)11-6-8-13(18)9-7-11/h2-9H,18H2,1H3,(H,20,21). The molecule has 0 aliphatic rings. The number of thiazole rings is 1. The minimum absolute atomic E-state index is 0.236. The molecule has 1 aromatic heterocycles. The van der Waals surface area contributed by atoms with E-state index >= 15 is 0 Å². The number of anilines is 1. The molecule has 0 bridgehead atoms. The number of hydrogen-bond acceptors (Lipinski definition) is 4. The minimum Gasteiger partial charge on any atom is -0.477 e. The van der Waals surface area contributed by atoms with Gasteiger partial charge in [0.15, 0.2) is 0 Å². The van der Waals surface area contributed by atoms with Crippen molar-refractivity contribution in [3.05, 3.63) is 59.0 Å². The minimum atomic E-state index is -0.970. The Morgan fingerprint density at radius 3 is 2.23 bits per heavy atom. The van der Waals surface area contributed by atoms with E-state index in [1.165, 1.54) is 11.3 Å². The number of aromatic nitrogens is 1. The topological polar surface area (TPSA) is 76.2 Å². The van der Waals surface area contributed by atoms with Crippen LogP contribution in [-0.2, 0) is 0 Å². The maximum absolute atomic E-state index is 11.5. The van der Waals surface area contributed by atoms with Crippen molar-refractivity contribution in [2.24, 2.45) is 0 Å². The van der Waals surface area contributed by atoms with Crippen LogP contribution < -0.4 is 5.73 Å². The average Bonchev–Trinajstić information content (AvgIpc) is 2.94. The molecule has 5 heteroatoms. The van der Waals surface area contributed by atoms with Crippen molar-refractivity contribution in [3.8, 4) is 21.8 Å². The molecule has 3 aromatic rings. The summed E-state index contributed by atoms with van der Waals surface area (Å²) in [7, 11) is 0. The molecule has 0 aliphatic heterocycles. The van der Waals surface area contributed by atoms with Crippen LogP contribution in [0.2, 0.25) is 0 Å². The van der Waals surface area contributed by atoms with E-state index in [1.807, 2.05) is 31.2 Å². The van der Waals surface area contributed by atoms with Crippen molar-refractivity contribution in [2.75, 3.05) is 5.73 Å². The SMILES string of the molecule is Cc1ccc(-c2nc(-c3ccc(N)cc3)c(C(=O)O)s2)cc1. The Labute approximate surface area is 131 Å². The van der Waals surface area contributed by atoms with Crippen LogP contribution in [0.25, 0.3) is 21.8 Å². The number of hydrogen-bond donors (Lipinski definition) is 2. The number of aryl methyl sites for hydroxylation is 1. The van der Waals surface area contributed by atoms with E-state index in [2.05, 4.69) is 4.98 Å². The van der Waals surface area contributed by atoms with Crippen molar-refractivity contribution >= 4 is 23.0 Å². The van der Waals surface area contributed by atoms with Crippen LogP contribution in [0, 0.1) is 6.92 Å². The predicted octanol–water partition coefficient (Wildman–Crippen LogP) is 4.07. The van der Waals surface area contributed by atoms with Gasteiger partial charge in [-0.1, -0.05) is 42.0 Å². The molecule has 3 rings (SSSR count). The maximum atomic E-state index is 11.5.